The van der Waals surface area contributed by atoms with Crippen molar-refractivity contribution in [1.29, 1.82) is 0 Å². The van der Waals surface area contributed by atoms with Gasteiger partial charge in [0.05, 0.1) is 12.0 Å². The Morgan fingerprint density at radius 3 is 2.10 bits per heavy atom. The zero-order valence-electron chi connectivity index (χ0n) is 16.9. The Kier molecular flexibility index (Phi) is 6.59. The van der Waals surface area contributed by atoms with E-state index in [4.69, 9.17) is 17.0 Å². The smallest absolute Gasteiger partial charge is 0.261 e. The van der Waals surface area contributed by atoms with Crippen LogP contribution in [0, 0.1) is 13.8 Å². The van der Waals surface area contributed by atoms with E-state index < -0.39 is 10.0 Å². The maximum absolute atomic E-state index is 12.6. The van der Waals surface area contributed by atoms with E-state index in [9.17, 15) is 8.42 Å². The minimum Gasteiger partial charge on any atom is -0.497 e. The molecule has 0 amide bonds. The minimum atomic E-state index is -3.70. The Hall–Kier alpha value is -3.10. The molecule has 0 aliphatic heterocycles. The molecule has 6 nitrogen and oxygen atoms in total. The molecule has 0 fully saturated rings. The van der Waals surface area contributed by atoms with Crippen LogP contribution in [0.3, 0.4) is 0 Å². The van der Waals surface area contributed by atoms with E-state index >= 15 is 0 Å². The number of hydrogen-bond donors (Lipinski definition) is 3. The zero-order chi connectivity index (χ0) is 21.7. The van der Waals surface area contributed by atoms with Gasteiger partial charge in [0.1, 0.15) is 5.75 Å². The van der Waals surface area contributed by atoms with Crippen molar-refractivity contribution < 1.29 is 13.2 Å². The summed E-state index contributed by atoms with van der Waals surface area (Å²) in [6.45, 7) is 4.04. The molecule has 0 saturated carbocycles. The van der Waals surface area contributed by atoms with Crippen LogP contribution in [0.1, 0.15) is 11.1 Å². The van der Waals surface area contributed by atoms with E-state index in [1.807, 2.05) is 26.0 Å². The lowest BCUT2D eigenvalue weighted by molar-refractivity contribution is 0.415. The Bertz CT molecular complexity index is 1140. The van der Waals surface area contributed by atoms with Gasteiger partial charge in [0.15, 0.2) is 5.11 Å². The summed E-state index contributed by atoms with van der Waals surface area (Å²) < 4.78 is 32.8. The average molecular weight is 442 g/mol. The molecule has 0 spiro atoms. The fourth-order valence-electron chi connectivity index (χ4n) is 2.83. The molecule has 156 valence electrons. The summed E-state index contributed by atoms with van der Waals surface area (Å²) in [4.78, 5) is 0.150. The molecule has 0 saturated heterocycles. The molecule has 3 aromatic rings. The van der Waals surface area contributed by atoms with Crippen LogP contribution < -0.4 is 20.1 Å². The number of methoxy groups -OCH3 is 1. The van der Waals surface area contributed by atoms with Gasteiger partial charge in [-0.15, -0.1) is 0 Å². The van der Waals surface area contributed by atoms with Crippen molar-refractivity contribution in [2.75, 3.05) is 22.5 Å². The highest BCUT2D eigenvalue weighted by Gasteiger charge is 2.14. The number of thiocarbonyl (C=S) groups is 1. The predicted molar refractivity (Wildman–Crippen MR) is 126 cm³/mol. The highest BCUT2D eigenvalue weighted by atomic mass is 32.2. The molecule has 0 aliphatic carbocycles. The standard InChI is InChI=1S/C22H23N3O3S2/c1-15-4-13-21(16(2)14-15)24-22(29)23-17-7-11-20(12-8-17)30(26,27)25-18-5-9-19(28-3)10-6-18/h4-14,25H,1-3H3,(H2,23,24,29). The second-order valence-electron chi connectivity index (χ2n) is 6.76. The van der Waals surface area contributed by atoms with Gasteiger partial charge in [0, 0.05) is 17.1 Å². The first-order valence-corrected chi connectivity index (χ1v) is 11.1. The number of anilines is 3. The molecule has 0 unspecified atom stereocenters. The molecule has 0 aromatic heterocycles. The molecular weight excluding hydrogens is 418 g/mol. The van der Waals surface area contributed by atoms with Crippen LogP contribution in [0.15, 0.2) is 71.6 Å². The topological polar surface area (TPSA) is 79.5 Å². The van der Waals surface area contributed by atoms with E-state index in [0.717, 1.165) is 11.3 Å². The Balaban J connectivity index is 1.65. The molecule has 0 radical (unpaired) electrons. The summed E-state index contributed by atoms with van der Waals surface area (Å²) in [6.07, 6.45) is 0. The Morgan fingerprint density at radius 1 is 0.867 bits per heavy atom. The Morgan fingerprint density at radius 2 is 1.50 bits per heavy atom. The lowest BCUT2D eigenvalue weighted by Crippen LogP contribution is -2.19. The van der Waals surface area contributed by atoms with Gasteiger partial charge in [-0.3, -0.25) is 4.72 Å². The third kappa shape index (κ3) is 5.49. The van der Waals surface area contributed by atoms with Crippen LogP contribution in [-0.2, 0) is 10.0 Å². The highest BCUT2D eigenvalue weighted by Crippen LogP contribution is 2.21. The van der Waals surface area contributed by atoms with Gasteiger partial charge >= 0.3 is 0 Å². The number of benzene rings is 3. The number of hydrogen-bond acceptors (Lipinski definition) is 4. The van der Waals surface area contributed by atoms with E-state index in [1.54, 1.807) is 43.5 Å². The van der Waals surface area contributed by atoms with Crippen molar-refractivity contribution in [1.82, 2.24) is 0 Å². The Labute approximate surface area is 182 Å². The second-order valence-corrected chi connectivity index (χ2v) is 8.85. The average Bonchev–Trinajstić information content (AvgIpc) is 2.71. The number of aryl methyl sites for hydroxylation is 2. The van der Waals surface area contributed by atoms with Gasteiger partial charge < -0.3 is 15.4 Å². The van der Waals surface area contributed by atoms with Crippen LogP contribution in [-0.4, -0.2) is 20.6 Å². The molecular formula is C22H23N3O3S2. The molecule has 0 heterocycles. The van der Waals surface area contributed by atoms with Crippen molar-refractivity contribution in [2.45, 2.75) is 18.7 Å². The van der Waals surface area contributed by atoms with Crippen molar-refractivity contribution >= 4 is 44.4 Å². The quantitative estimate of drug-likeness (QED) is 0.471. The van der Waals surface area contributed by atoms with Gasteiger partial charge in [-0.05, 0) is 86.2 Å². The van der Waals surface area contributed by atoms with Gasteiger partial charge in [-0.25, -0.2) is 8.42 Å². The molecule has 30 heavy (non-hydrogen) atoms. The van der Waals surface area contributed by atoms with Crippen molar-refractivity contribution in [3.63, 3.8) is 0 Å². The van der Waals surface area contributed by atoms with Crippen LogP contribution in [0.5, 0.6) is 5.75 Å². The molecule has 0 bridgehead atoms. The summed E-state index contributed by atoms with van der Waals surface area (Å²) >= 11 is 5.36. The minimum absolute atomic E-state index is 0.150. The number of ether oxygens (including phenoxy) is 1. The molecule has 8 heteroatoms. The highest BCUT2D eigenvalue weighted by molar-refractivity contribution is 7.92. The normalized spacial score (nSPS) is 10.9. The fourth-order valence-corrected chi connectivity index (χ4v) is 4.12. The fraction of sp³-hybridized carbons (Fsp3) is 0.136. The first kappa shape index (κ1) is 21.6. The SMILES string of the molecule is COc1ccc(NS(=O)(=O)c2ccc(NC(=S)Nc3ccc(C)cc3C)cc2)cc1. The monoisotopic (exact) mass is 441 g/mol. The van der Waals surface area contributed by atoms with Crippen molar-refractivity contribution in [2.24, 2.45) is 0 Å². The summed E-state index contributed by atoms with van der Waals surface area (Å²) in [5.74, 6) is 0.652. The zero-order valence-corrected chi connectivity index (χ0v) is 18.5. The molecule has 3 N–H and O–H groups in total. The van der Waals surface area contributed by atoms with Crippen LogP contribution in [0.2, 0.25) is 0 Å². The largest absolute Gasteiger partial charge is 0.497 e. The lowest BCUT2D eigenvalue weighted by Gasteiger charge is -2.14. The predicted octanol–water partition coefficient (Wildman–Crippen LogP) is 4.92. The van der Waals surface area contributed by atoms with Crippen molar-refractivity contribution in [3.8, 4) is 5.75 Å². The second kappa shape index (κ2) is 9.15. The summed E-state index contributed by atoms with van der Waals surface area (Å²) in [5.41, 5.74) is 4.32. The first-order valence-electron chi connectivity index (χ1n) is 9.19. The lowest BCUT2D eigenvalue weighted by atomic mass is 10.1. The summed E-state index contributed by atoms with van der Waals surface area (Å²) in [7, 11) is -2.15. The molecule has 3 rings (SSSR count). The maximum Gasteiger partial charge on any atom is 0.261 e. The van der Waals surface area contributed by atoms with Crippen LogP contribution in [0.4, 0.5) is 17.1 Å². The van der Waals surface area contributed by atoms with E-state index in [2.05, 4.69) is 21.4 Å². The van der Waals surface area contributed by atoms with Gasteiger partial charge in [-0.2, -0.15) is 0 Å². The molecule has 0 atom stereocenters. The van der Waals surface area contributed by atoms with Crippen LogP contribution in [0.25, 0.3) is 0 Å². The third-order valence-corrected chi connectivity index (χ3v) is 6.00. The summed E-state index contributed by atoms with van der Waals surface area (Å²) in [5, 5.41) is 6.64. The van der Waals surface area contributed by atoms with Crippen LogP contribution >= 0.6 is 12.2 Å². The van der Waals surface area contributed by atoms with Gasteiger partial charge in [0.25, 0.3) is 10.0 Å². The number of nitrogens with one attached hydrogen (secondary N) is 3. The first-order chi connectivity index (χ1) is 14.3. The summed E-state index contributed by atoms with van der Waals surface area (Å²) in [6, 6.07) is 19.1. The van der Waals surface area contributed by atoms with E-state index in [0.29, 0.717) is 22.2 Å². The van der Waals surface area contributed by atoms with E-state index in [-0.39, 0.29) is 4.90 Å². The van der Waals surface area contributed by atoms with E-state index in [1.165, 1.54) is 17.7 Å². The number of sulfonamides is 1. The third-order valence-electron chi connectivity index (χ3n) is 4.39. The molecule has 0 aliphatic rings. The van der Waals surface area contributed by atoms with Crippen molar-refractivity contribution in [3.05, 3.63) is 77.9 Å². The molecule has 3 aromatic carbocycles. The van der Waals surface area contributed by atoms with Gasteiger partial charge in [0.2, 0.25) is 0 Å². The maximum atomic E-state index is 12.6. The number of rotatable bonds is 6. The van der Waals surface area contributed by atoms with Gasteiger partial charge in [-0.1, -0.05) is 17.7 Å².